The minimum Gasteiger partial charge on any atom is -0.492 e. The summed E-state index contributed by atoms with van der Waals surface area (Å²) < 4.78 is 5.98. The largest absolute Gasteiger partial charge is 0.492 e. The molecule has 0 aromatic heterocycles. The van der Waals surface area contributed by atoms with Gasteiger partial charge in [-0.2, -0.15) is 0 Å². The predicted molar refractivity (Wildman–Crippen MR) is 130 cm³/mol. The van der Waals surface area contributed by atoms with Crippen molar-refractivity contribution in [2.24, 2.45) is 10.7 Å². The van der Waals surface area contributed by atoms with Crippen molar-refractivity contribution in [1.82, 2.24) is 4.90 Å². The zero-order valence-corrected chi connectivity index (χ0v) is 19.7. The van der Waals surface area contributed by atoms with Crippen molar-refractivity contribution >= 4 is 35.6 Å². The lowest BCUT2D eigenvalue weighted by Crippen LogP contribution is -2.28. The maximum atomic E-state index is 6.06. The normalized spacial score (nSPS) is 11.2. The van der Waals surface area contributed by atoms with Crippen molar-refractivity contribution in [3.8, 4) is 5.75 Å². The zero-order chi connectivity index (χ0) is 19.6. The highest BCUT2D eigenvalue weighted by atomic mass is 127. The number of para-hydroxylation sites is 1. The summed E-state index contributed by atoms with van der Waals surface area (Å²) in [4.78, 5) is 6.81. The van der Waals surface area contributed by atoms with E-state index < -0.39 is 0 Å². The van der Waals surface area contributed by atoms with Crippen molar-refractivity contribution in [1.29, 1.82) is 0 Å². The highest BCUT2D eigenvalue weighted by Gasteiger charge is 2.05. The molecule has 6 heteroatoms. The van der Waals surface area contributed by atoms with Crippen LogP contribution in [0.4, 0.5) is 5.69 Å². The Bertz CT molecular complexity index is 760. The quantitative estimate of drug-likeness (QED) is 0.304. The van der Waals surface area contributed by atoms with Crippen LogP contribution in [0.15, 0.2) is 47.5 Å². The van der Waals surface area contributed by atoms with Crippen LogP contribution in [0.1, 0.15) is 30.5 Å². The van der Waals surface area contributed by atoms with Crippen LogP contribution in [-0.4, -0.2) is 37.1 Å². The van der Waals surface area contributed by atoms with Crippen molar-refractivity contribution in [3.63, 3.8) is 0 Å². The van der Waals surface area contributed by atoms with Crippen LogP contribution >= 0.6 is 24.0 Å². The third-order valence-corrected chi connectivity index (χ3v) is 4.73. The number of rotatable bonds is 9. The van der Waals surface area contributed by atoms with E-state index in [1.807, 2.05) is 30.3 Å². The standard InChI is InChI=1S/C22H32N4O.HI/c1-5-26(6-2)13-14-27-21-10-8-7-9-19(21)16-24-22(23)25-20-12-11-17(3)18(4)15-20;/h7-12,15H,5-6,13-14,16H2,1-4H3,(H3,23,24,25);1H. The molecule has 28 heavy (non-hydrogen) atoms. The second kappa shape index (κ2) is 12.6. The molecule has 0 bridgehead atoms. The van der Waals surface area contributed by atoms with E-state index >= 15 is 0 Å². The number of aryl methyl sites for hydroxylation is 2. The van der Waals surface area contributed by atoms with E-state index in [1.54, 1.807) is 0 Å². The Balaban J connectivity index is 0.00000392. The Hall–Kier alpha value is -1.80. The number of halogens is 1. The summed E-state index contributed by atoms with van der Waals surface area (Å²) in [7, 11) is 0. The van der Waals surface area contributed by atoms with Gasteiger partial charge in [-0.15, -0.1) is 24.0 Å². The maximum absolute atomic E-state index is 6.06. The Kier molecular flexibility index (Phi) is 10.9. The van der Waals surface area contributed by atoms with Gasteiger partial charge in [0.2, 0.25) is 0 Å². The molecule has 3 N–H and O–H groups in total. The molecule has 0 atom stereocenters. The molecule has 2 aromatic rings. The molecule has 2 rings (SSSR count). The van der Waals surface area contributed by atoms with E-state index in [-0.39, 0.29) is 24.0 Å². The van der Waals surface area contributed by atoms with Gasteiger partial charge in [-0.1, -0.05) is 38.1 Å². The molecule has 0 aliphatic carbocycles. The van der Waals surface area contributed by atoms with E-state index in [2.05, 4.69) is 55.0 Å². The lowest BCUT2D eigenvalue weighted by molar-refractivity contribution is 0.221. The van der Waals surface area contributed by atoms with Gasteiger partial charge < -0.3 is 20.7 Å². The van der Waals surface area contributed by atoms with Crippen LogP contribution in [0.2, 0.25) is 0 Å². The monoisotopic (exact) mass is 496 g/mol. The van der Waals surface area contributed by atoms with E-state index in [9.17, 15) is 0 Å². The minimum atomic E-state index is 0. The Morgan fingerprint density at radius 3 is 2.46 bits per heavy atom. The van der Waals surface area contributed by atoms with Crippen LogP contribution in [0.25, 0.3) is 0 Å². The van der Waals surface area contributed by atoms with Crippen LogP contribution in [0.5, 0.6) is 5.75 Å². The van der Waals surface area contributed by atoms with Gasteiger partial charge in [0, 0.05) is 17.8 Å². The maximum Gasteiger partial charge on any atom is 0.193 e. The Labute approximate surface area is 186 Å². The lowest BCUT2D eigenvalue weighted by Gasteiger charge is -2.18. The van der Waals surface area contributed by atoms with Gasteiger partial charge >= 0.3 is 0 Å². The van der Waals surface area contributed by atoms with Gasteiger partial charge in [0.05, 0.1) is 6.54 Å². The minimum absolute atomic E-state index is 0. The molecule has 154 valence electrons. The smallest absolute Gasteiger partial charge is 0.193 e. The van der Waals surface area contributed by atoms with Crippen LogP contribution in [-0.2, 0) is 6.54 Å². The summed E-state index contributed by atoms with van der Waals surface area (Å²) in [5.74, 6) is 1.27. The van der Waals surface area contributed by atoms with Gasteiger partial charge in [0.25, 0.3) is 0 Å². The van der Waals surface area contributed by atoms with Gasteiger partial charge in [-0.25, -0.2) is 4.99 Å². The highest BCUT2D eigenvalue weighted by molar-refractivity contribution is 14.0. The van der Waals surface area contributed by atoms with E-state index in [0.717, 1.165) is 36.6 Å². The average molecular weight is 496 g/mol. The molecule has 0 saturated carbocycles. The van der Waals surface area contributed by atoms with Crippen molar-refractivity contribution in [2.75, 3.05) is 31.6 Å². The fourth-order valence-corrected chi connectivity index (χ4v) is 2.78. The topological polar surface area (TPSA) is 62.9 Å². The van der Waals surface area contributed by atoms with E-state index in [1.165, 1.54) is 11.1 Å². The lowest BCUT2D eigenvalue weighted by atomic mass is 10.1. The molecular weight excluding hydrogens is 463 g/mol. The number of hydrogen-bond acceptors (Lipinski definition) is 3. The van der Waals surface area contributed by atoms with Gasteiger partial charge in [0.1, 0.15) is 12.4 Å². The summed E-state index contributed by atoms with van der Waals surface area (Å²) >= 11 is 0. The second-order valence-corrected chi connectivity index (χ2v) is 6.61. The first-order chi connectivity index (χ1) is 13.0. The van der Waals surface area contributed by atoms with Gasteiger partial charge in [0.15, 0.2) is 5.96 Å². The molecule has 0 unspecified atom stereocenters. The zero-order valence-electron chi connectivity index (χ0n) is 17.4. The van der Waals surface area contributed by atoms with Crippen molar-refractivity contribution in [2.45, 2.75) is 34.2 Å². The third-order valence-electron chi connectivity index (χ3n) is 4.73. The first-order valence-electron chi connectivity index (χ1n) is 9.60. The number of hydrogen-bond donors (Lipinski definition) is 2. The number of ether oxygens (including phenoxy) is 1. The third kappa shape index (κ3) is 7.67. The van der Waals surface area contributed by atoms with E-state index in [4.69, 9.17) is 10.5 Å². The number of aliphatic imine (C=N–C) groups is 1. The number of guanidine groups is 1. The molecule has 0 spiro atoms. The molecule has 2 aromatic carbocycles. The second-order valence-electron chi connectivity index (χ2n) is 6.61. The van der Waals surface area contributed by atoms with Gasteiger partial charge in [-0.3, -0.25) is 0 Å². The average Bonchev–Trinajstić information content (AvgIpc) is 2.67. The summed E-state index contributed by atoms with van der Waals surface area (Å²) in [6, 6.07) is 14.1. The van der Waals surface area contributed by atoms with Crippen LogP contribution < -0.4 is 15.8 Å². The molecule has 0 heterocycles. The first-order valence-corrected chi connectivity index (χ1v) is 9.60. The predicted octanol–water partition coefficient (Wildman–Crippen LogP) is 4.57. The molecular formula is C22H33IN4O. The van der Waals surface area contributed by atoms with E-state index in [0.29, 0.717) is 19.1 Å². The molecule has 0 aliphatic heterocycles. The summed E-state index contributed by atoms with van der Waals surface area (Å²) in [6.07, 6.45) is 0. The van der Waals surface area contributed by atoms with Crippen molar-refractivity contribution < 1.29 is 4.74 Å². The molecule has 5 nitrogen and oxygen atoms in total. The SMILES string of the molecule is CCN(CC)CCOc1ccccc1CN=C(N)Nc1ccc(C)c(C)c1.I. The number of nitrogens with zero attached hydrogens (tertiary/aromatic N) is 2. The molecule has 0 aliphatic rings. The molecule has 0 saturated heterocycles. The van der Waals surface area contributed by atoms with Crippen LogP contribution in [0, 0.1) is 13.8 Å². The fourth-order valence-electron chi connectivity index (χ4n) is 2.78. The fraction of sp³-hybridized carbons (Fsp3) is 0.409. The summed E-state index contributed by atoms with van der Waals surface area (Å²) in [5.41, 5.74) is 10.5. The number of likely N-dealkylation sites (N-methyl/N-ethyl adjacent to an activating group) is 1. The Morgan fingerprint density at radius 2 is 1.79 bits per heavy atom. The number of anilines is 1. The molecule has 0 radical (unpaired) electrons. The summed E-state index contributed by atoms with van der Waals surface area (Å²) in [5, 5.41) is 3.15. The molecule has 0 amide bonds. The number of nitrogens with one attached hydrogen (secondary N) is 1. The highest BCUT2D eigenvalue weighted by Crippen LogP contribution is 2.19. The Morgan fingerprint density at radius 1 is 1.07 bits per heavy atom. The molecule has 0 fully saturated rings. The van der Waals surface area contributed by atoms with Gasteiger partial charge in [-0.05, 0) is 56.3 Å². The number of nitrogens with two attached hydrogens (primary N) is 1. The number of benzene rings is 2. The summed E-state index contributed by atoms with van der Waals surface area (Å²) in [6.45, 7) is 12.6. The van der Waals surface area contributed by atoms with Crippen LogP contribution in [0.3, 0.4) is 0 Å². The first kappa shape index (κ1) is 24.2. The van der Waals surface area contributed by atoms with Crippen molar-refractivity contribution in [3.05, 3.63) is 59.2 Å².